The summed E-state index contributed by atoms with van der Waals surface area (Å²) in [5.41, 5.74) is 2.20. The molecule has 1 amide bonds. The lowest BCUT2D eigenvalue weighted by Gasteiger charge is -2.19. The lowest BCUT2D eigenvalue weighted by molar-refractivity contribution is 0.0941. The number of carbonyl (C=O) groups is 1. The maximum absolute atomic E-state index is 13.0. The van der Waals surface area contributed by atoms with Gasteiger partial charge in [-0.15, -0.1) is 0 Å². The molecular weight excluding hydrogens is 446 g/mol. The molecule has 0 fully saturated rings. The van der Waals surface area contributed by atoms with Gasteiger partial charge in [-0.05, 0) is 42.0 Å². The van der Waals surface area contributed by atoms with Crippen molar-refractivity contribution in [2.24, 2.45) is 7.05 Å². The van der Waals surface area contributed by atoms with Gasteiger partial charge >= 0.3 is 0 Å². The van der Waals surface area contributed by atoms with Crippen LogP contribution in [0.4, 0.5) is 0 Å². The molecule has 2 aromatic heterocycles. The number of rotatable bonds is 6. The van der Waals surface area contributed by atoms with E-state index in [1.807, 2.05) is 66.3 Å². The van der Waals surface area contributed by atoms with E-state index in [2.05, 4.69) is 31.3 Å². The Balaban J connectivity index is 1.62. The third-order valence-corrected chi connectivity index (χ3v) is 5.28. The molecule has 4 aromatic rings. The number of nitrogens with zero attached hydrogens (tertiary/aromatic N) is 4. The summed E-state index contributed by atoms with van der Waals surface area (Å²) < 4.78 is 9.88. The molecule has 0 radical (unpaired) electrons. The van der Waals surface area contributed by atoms with Crippen molar-refractivity contribution >= 4 is 21.8 Å². The van der Waals surface area contributed by atoms with Crippen LogP contribution >= 0.6 is 15.9 Å². The summed E-state index contributed by atoms with van der Waals surface area (Å²) in [4.78, 5) is 17.5. The number of hydrogen-bond acceptors (Lipinski definition) is 4. The Morgan fingerprint density at radius 1 is 1.20 bits per heavy atom. The van der Waals surface area contributed by atoms with Gasteiger partial charge < -0.3 is 14.6 Å². The highest BCUT2D eigenvalue weighted by molar-refractivity contribution is 9.10. The first kappa shape index (κ1) is 19.9. The second-order valence-corrected chi connectivity index (χ2v) is 7.65. The fourth-order valence-corrected chi connectivity index (χ4v) is 3.43. The SMILES string of the molecule is COc1cccc(C(NC(=O)c2cnn(-c3ccc(Br)cc3)c2)c2nccn2C)c1. The van der Waals surface area contributed by atoms with Crippen LogP contribution in [0.5, 0.6) is 5.75 Å². The molecule has 2 aromatic carbocycles. The molecule has 0 bridgehead atoms. The Bertz CT molecular complexity index is 1170. The van der Waals surface area contributed by atoms with E-state index >= 15 is 0 Å². The Morgan fingerprint density at radius 2 is 2.00 bits per heavy atom. The van der Waals surface area contributed by atoms with Crippen LogP contribution in [0.25, 0.3) is 5.69 Å². The Hall–Kier alpha value is -3.39. The molecule has 1 unspecified atom stereocenters. The van der Waals surface area contributed by atoms with E-state index in [1.165, 1.54) is 0 Å². The molecule has 0 spiro atoms. The third-order valence-electron chi connectivity index (χ3n) is 4.76. The van der Waals surface area contributed by atoms with E-state index in [9.17, 15) is 4.79 Å². The average Bonchev–Trinajstić information content (AvgIpc) is 3.42. The Morgan fingerprint density at radius 3 is 2.70 bits per heavy atom. The molecular formula is C22H20BrN5O2. The standard InChI is InChI=1S/C22H20BrN5O2/c1-27-11-10-24-21(27)20(15-4-3-5-19(12-15)30-2)26-22(29)16-13-25-28(14-16)18-8-6-17(23)7-9-18/h3-14,20H,1-2H3,(H,26,29). The van der Waals surface area contributed by atoms with Crippen LogP contribution in [-0.2, 0) is 7.05 Å². The number of amides is 1. The van der Waals surface area contributed by atoms with E-state index in [0.717, 1.165) is 21.5 Å². The maximum Gasteiger partial charge on any atom is 0.255 e. The van der Waals surface area contributed by atoms with Gasteiger partial charge in [0.05, 0.1) is 24.6 Å². The number of aryl methyl sites for hydroxylation is 1. The van der Waals surface area contributed by atoms with Gasteiger partial charge in [-0.1, -0.05) is 28.1 Å². The molecule has 30 heavy (non-hydrogen) atoms. The summed E-state index contributed by atoms with van der Waals surface area (Å²) in [6, 6.07) is 14.8. The highest BCUT2D eigenvalue weighted by Crippen LogP contribution is 2.25. The van der Waals surface area contributed by atoms with Gasteiger partial charge in [0.1, 0.15) is 17.6 Å². The average molecular weight is 466 g/mol. The molecule has 0 saturated carbocycles. The second-order valence-electron chi connectivity index (χ2n) is 6.73. The number of nitrogens with one attached hydrogen (secondary N) is 1. The van der Waals surface area contributed by atoms with Crippen LogP contribution in [-0.4, -0.2) is 32.3 Å². The minimum absolute atomic E-state index is 0.241. The monoisotopic (exact) mass is 465 g/mol. The molecule has 7 nitrogen and oxygen atoms in total. The van der Waals surface area contributed by atoms with Crippen LogP contribution in [0, 0.1) is 0 Å². The smallest absolute Gasteiger partial charge is 0.255 e. The van der Waals surface area contributed by atoms with Crippen LogP contribution in [0.15, 0.2) is 77.8 Å². The van der Waals surface area contributed by atoms with Crippen molar-refractivity contribution in [3.8, 4) is 11.4 Å². The number of carbonyl (C=O) groups excluding carboxylic acids is 1. The molecule has 1 N–H and O–H groups in total. The number of benzene rings is 2. The highest BCUT2D eigenvalue weighted by Gasteiger charge is 2.22. The molecule has 8 heteroatoms. The zero-order valence-corrected chi connectivity index (χ0v) is 18.1. The van der Waals surface area contributed by atoms with E-state index in [0.29, 0.717) is 11.3 Å². The van der Waals surface area contributed by atoms with Crippen molar-refractivity contribution in [1.29, 1.82) is 0 Å². The minimum Gasteiger partial charge on any atom is -0.497 e. The summed E-state index contributed by atoms with van der Waals surface area (Å²) in [6.45, 7) is 0. The molecule has 1 atom stereocenters. The van der Waals surface area contributed by atoms with Crippen LogP contribution < -0.4 is 10.1 Å². The quantitative estimate of drug-likeness (QED) is 0.468. The summed E-state index contributed by atoms with van der Waals surface area (Å²) >= 11 is 3.42. The topological polar surface area (TPSA) is 74.0 Å². The first-order valence-corrected chi connectivity index (χ1v) is 10.1. The van der Waals surface area contributed by atoms with Gasteiger partial charge in [-0.2, -0.15) is 5.10 Å². The second kappa shape index (κ2) is 8.54. The summed E-state index contributed by atoms with van der Waals surface area (Å²) in [5, 5.41) is 7.40. The largest absolute Gasteiger partial charge is 0.497 e. The van der Waals surface area contributed by atoms with Gasteiger partial charge in [0, 0.05) is 30.1 Å². The number of hydrogen-bond donors (Lipinski definition) is 1. The van der Waals surface area contributed by atoms with Crippen LogP contribution in [0.2, 0.25) is 0 Å². The fraction of sp³-hybridized carbons (Fsp3) is 0.136. The van der Waals surface area contributed by atoms with E-state index in [4.69, 9.17) is 4.74 Å². The zero-order chi connectivity index (χ0) is 21.1. The molecule has 152 valence electrons. The maximum atomic E-state index is 13.0. The predicted octanol–water partition coefficient (Wildman–Crippen LogP) is 3.90. The number of imidazole rings is 1. The van der Waals surface area contributed by atoms with E-state index in [-0.39, 0.29) is 5.91 Å². The van der Waals surface area contributed by atoms with E-state index < -0.39 is 6.04 Å². The Labute approximate surface area is 182 Å². The minimum atomic E-state index is -0.441. The Kier molecular flexibility index (Phi) is 5.67. The van der Waals surface area contributed by atoms with Gasteiger partial charge in [-0.3, -0.25) is 4.79 Å². The number of aromatic nitrogens is 4. The van der Waals surface area contributed by atoms with Crippen molar-refractivity contribution in [2.45, 2.75) is 6.04 Å². The lowest BCUT2D eigenvalue weighted by Crippen LogP contribution is -2.31. The van der Waals surface area contributed by atoms with Crippen molar-refractivity contribution < 1.29 is 9.53 Å². The summed E-state index contributed by atoms with van der Waals surface area (Å²) in [7, 11) is 3.51. The van der Waals surface area contributed by atoms with Crippen molar-refractivity contribution in [3.05, 3.63) is 94.7 Å². The zero-order valence-electron chi connectivity index (χ0n) is 16.5. The number of ether oxygens (including phenoxy) is 1. The van der Waals surface area contributed by atoms with Crippen LogP contribution in [0.3, 0.4) is 0 Å². The number of methoxy groups -OCH3 is 1. The van der Waals surface area contributed by atoms with Gasteiger partial charge in [0.2, 0.25) is 0 Å². The first-order valence-electron chi connectivity index (χ1n) is 9.28. The van der Waals surface area contributed by atoms with Crippen molar-refractivity contribution in [2.75, 3.05) is 7.11 Å². The molecule has 0 saturated heterocycles. The molecule has 0 aliphatic heterocycles. The van der Waals surface area contributed by atoms with Gasteiger partial charge in [0.15, 0.2) is 0 Å². The predicted molar refractivity (Wildman–Crippen MR) is 117 cm³/mol. The normalized spacial score (nSPS) is 11.8. The van der Waals surface area contributed by atoms with Crippen LogP contribution in [0.1, 0.15) is 27.8 Å². The summed E-state index contributed by atoms with van der Waals surface area (Å²) in [6.07, 6.45) is 6.82. The van der Waals surface area contributed by atoms with Crippen molar-refractivity contribution in [3.63, 3.8) is 0 Å². The van der Waals surface area contributed by atoms with E-state index in [1.54, 1.807) is 30.4 Å². The number of halogens is 1. The van der Waals surface area contributed by atoms with Crippen molar-refractivity contribution in [1.82, 2.24) is 24.6 Å². The first-order chi connectivity index (χ1) is 14.5. The fourth-order valence-electron chi connectivity index (χ4n) is 3.16. The third kappa shape index (κ3) is 4.13. The summed E-state index contributed by atoms with van der Waals surface area (Å²) in [5.74, 6) is 1.19. The molecule has 2 heterocycles. The lowest BCUT2D eigenvalue weighted by atomic mass is 10.1. The van der Waals surface area contributed by atoms with Gasteiger partial charge in [0.25, 0.3) is 5.91 Å². The molecule has 0 aliphatic rings. The highest BCUT2D eigenvalue weighted by atomic mass is 79.9. The van der Waals surface area contributed by atoms with Gasteiger partial charge in [-0.25, -0.2) is 9.67 Å². The molecule has 4 rings (SSSR count). The molecule has 0 aliphatic carbocycles.